The van der Waals surface area contributed by atoms with Gasteiger partial charge in [-0.3, -0.25) is 4.79 Å². The van der Waals surface area contributed by atoms with Gasteiger partial charge in [-0.25, -0.2) is 4.98 Å². The molecule has 0 unspecified atom stereocenters. The van der Waals surface area contributed by atoms with Crippen molar-refractivity contribution >= 4 is 40.6 Å². The van der Waals surface area contributed by atoms with E-state index in [9.17, 15) is 4.79 Å². The fourth-order valence-electron chi connectivity index (χ4n) is 5.03. The molecule has 0 atom stereocenters. The summed E-state index contributed by atoms with van der Waals surface area (Å²) in [5.41, 5.74) is 9.24. The Bertz CT molecular complexity index is 1410. The van der Waals surface area contributed by atoms with E-state index in [1.54, 1.807) is 6.20 Å². The lowest BCUT2D eigenvalue weighted by molar-refractivity contribution is -0.125. The zero-order chi connectivity index (χ0) is 25.4. The number of fused-ring (bicyclic) bond motifs is 1. The molecular formula is C27H28Cl2N6O. The number of carbonyl (C=O) groups is 1. The van der Waals surface area contributed by atoms with Gasteiger partial charge in [0.2, 0.25) is 5.91 Å². The maximum Gasteiger partial charge on any atom is 0.237 e. The number of nitrogens with one attached hydrogen (secondary N) is 1. The van der Waals surface area contributed by atoms with E-state index in [2.05, 4.69) is 10.2 Å². The van der Waals surface area contributed by atoms with Crippen LogP contribution in [0.3, 0.4) is 0 Å². The van der Waals surface area contributed by atoms with Gasteiger partial charge in [-0.15, -0.1) is 0 Å². The molecule has 4 aromatic rings. The lowest BCUT2D eigenvalue weighted by atomic mass is 9.86. The van der Waals surface area contributed by atoms with E-state index >= 15 is 0 Å². The van der Waals surface area contributed by atoms with Crippen LogP contribution in [0.4, 0.5) is 5.82 Å². The van der Waals surface area contributed by atoms with E-state index in [4.69, 9.17) is 39.0 Å². The Labute approximate surface area is 220 Å². The number of benzene rings is 2. The number of rotatable bonds is 6. The molecule has 2 aromatic carbocycles. The second-order valence-electron chi connectivity index (χ2n) is 9.48. The van der Waals surface area contributed by atoms with Crippen molar-refractivity contribution in [2.24, 2.45) is 5.73 Å². The molecule has 1 aliphatic rings. The fraction of sp³-hybridized carbons (Fsp3) is 0.296. The number of hydrogen-bond acceptors (Lipinski definition) is 5. The van der Waals surface area contributed by atoms with Gasteiger partial charge in [-0.2, -0.15) is 9.61 Å². The SMILES string of the molecule is CC(C)NC1(C(N)=O)CCN(c2ccnc3c(-c4ccc(Cl)cc4)c(-c4ccccc4Cl)nn23)CC1. The molecule has 7 nitrogen and oxygen atoms in total. The summed E-state index contributed by atoms with van der Waals surface area (Å²) in [5.74, 6) is 0.594. The summed E-state index contributed by atoms with van der Waals surface area (Å²) in [6.07, 6.45) is 3.00. The second-order valence-corrected chi connectivity index (χ2v) is 10.3. The van der Waals surface area contributed by atoms with Gasteiger partial charge in [0.15, 0.2) is 5.65 Å². The highest BCUT2D eigenvalue weighted by molar-refractivity contribution is 6.33. The van der Waals surface area contributed by atoms with E-state index in [1.165, 1.54) is 0 Å². The topological polar surface area (TPSA) is 88.5 Å². The maximum absolute atomic E-state index is 12.4. The quantitative estimate of drug-likeness (QED) is 0.363. The van der Waals surface area contributed by atoms with E-state index in [-0.39, 0.29) is 11.9 Å². The Kier molecular flexibility index (Phi) is 6.64. The summed E-state index contributed by atoms with van der Waals surface area (Å²) in [6.45, 7) is 5.36. The number of anilines is 1. The van der Waals surface area contributed by atoms with Crippen LogP contribution in [0.1, 0.15) is 26.7 Å². The normalized spacial score (nSPS) is 15.5. The van der Waals surface area contributed by atoms with Crippen LogP contribution in [0.2, 0.25) is 10.0 Å². The number of primary amides is 1. The third-order valence-corrected chi connectivity index (χ3v) is 7.32. The summed E-state index contributed by atoms with van der Waals surface area (Å²) in [6, 6.07) is 17.4. The standard InChI is InChI=1S/C27H28Cl2N6O/c1-17(2)32-27(26(30)36)12-15-34(16-13-27)22-11-14-31-25-23(18-7-9-19(28)10-8-18)24(33-35(22)25)20-5-3-4-6-21(20)29/h3-11,14,17,32H,12-13,15-16H2,1-2H3,(H2,30,36). The number of hydrogen-bond donors (Lipinski definition) is 2. The minimum absolute atomic E-state index is 0.155. The Morgan fingerprint density at radius 3 is 2.39 bits per heavy atom. The molecule has 1 amide bonds. The van der Waals surface area contributed by atoms with Gasteiger partial charge in [-0.05, 0) is 56.5 Å². The molecule has 3 N–H and O–H groups in total. The minimum Gasteiger partial charge on any atom is -0.368 e. The van der Waals surface area contributed by atoms with Crippen molar-refractivity contribution in [2.45, 2.75) is 38.3 Å². The first-order valence-electron chi connectivity index (χ1n) is 12.0. The zero-order valence-electron chi connectivity index (χ0n) is 20.2. The van der Waals surface area contributed by atoms with Crippen LogP contribution < -0.4 is 16.0 Å². The fourth-order valence-corrected chi connectivity index (χ4v) is 5.38. The molecule has 2 aromatic heterocycles. The number of nitrogens with two attached hydrogens (primary N) is 1. The van der Waals surface area contributed by atoms with Gasteiger partial charge < -0.3 is 16.0 Å². The van der Waals surface area contributed by atoms with Crippen molar-refractivity contribution < 1.29 is 4.79 Å². The van der Waals surface area contributed by atoms with Crippen LogP contribution in [0, 0.1) is 0 Å². The largest absolute Gasteiger partial charge is 0.368 e. The van der Waals surface area contributed by atoms with Gasteiger partial charge in [0.05, 0.1) is 10.6 Å². The Balaban J connectivity index is 1.61. The Morgan fingerprint density at radius 2 is 1.75 bits per heavy atom. The molecule has 3 heterocycles. The first kappa shape index (κ1) is 24.6. The molecule has 9 heteroatoms. The van der Waals surface area contributed by atoms with Crippen molar-refractivity contribution in [3.8, 4) is 22.4 Å². The molecule has 0 radical (unpaired) electrons. The number of piperidine rings is 1. The van der Waals surface area contributed by atoms with Gasteiger partial charge in [0.25, 0.3) is 0 Å². The number of aromatic nitrogens is 3. The highest BCUT2D eigenvalue weighted by Crippen LogP contribution is 2.39. The molecule has 0 spiro atoms. The molecule has 5 rings (SSSR count). The minimum atomic E-state index is -0.710. The summed E-state index contributed by atoms with van der Waals surface area (Å²) < 4.78 is 1.87. The van der Waals surface area contributed by atoms with E-state index in [0.717, 1.165) is 33.8 Å². The van der Waals surface area contributed by atoms with Gasteiger partial charge in [0, 0.05) is 35.9 Å². The van der Waals surface area contributed by atoms with Gasteiger partial charge in [-0.1, -0.05) is 53.5 Å². The molecular weight excluding hydrogens is 495 g/mol. The molecule has 0 aliphatic carbocycles. The van der Waals surface area contributed by atoms with Crippen LogP contribution in [-0.4, -0.2) is 45.2 Å². The van der Waals surface area contributed by atoms with E-state index < -0.39 is 5.54 Å². The van der Waals surface area contributed by atoms with Crippen LogP contribution in [0.5, 0.6) is 0 Å². The summed E-state index contributed by atoms with van der Waals surface area (Å²) in [5, 5.41) is 9.70. The van der Waals surface area contributed by atoms with E-state index in [1.807, 2.05) is 73.0 Å². The van der Waals surface area contributed by atoms with Crippen LogP contribution in [0.25, 0.3) is 28.0 Å². The van der Waals surface area contributed by atoms with Gasteiger partial charge >= 0.3 is 0 Å². The summed E-state index contributed by atoms with van der Waals surface area (Å²) in [7, 11) is 0. The molecule has 0 bridgehead atoms. The lowest BCUT2D eigenvalue weighted by Gasteiger charge is -2.42. The van der Waals surface area contributed by atoms with Crippen molar-refractivity contribution in [3.05, 3.63) is 70.8 Å². The Hall–Kier alpha value is -3.13. The first-order chi connectivity index (χ1) is 17.3. The highest BCUT2D eigenvalue weighted by Gasteiger charge is 2.40. The number of carbonyl (C=O) groups excluding carboxylic acids is 1. The average molecular weight is 523 g/mol. The van der Waals surface area contributed by atoms with Crippen LogP contribution in [0.15, 0.2) is 60.8 Å². The smallest absolute Gasteiger partial charge is 0.237 e. The Morgan fingerprint density at radius 1 is 1.06 bits per heavy atom. The number of amides is 1. The molecule has 0 saturated carbocycles. The average Bonchev–Trinajstić information content (AvgIpc) is 3.24. The highest BCUT2D eigenvalue weighted by atomic mass is 35.5. The number of halogens is 2. The van der Waals surface area contributed by atoms with Crippen molar-refractivity contribution in [1.82, 2.24) is 19.9 Å². The van der Waals surface area contributed by atoms with Crippen molar-refractivity contribution in [1.29, 1.82) is 0 Å². The molecule has 1 fully saturated rings. The zero-order valence-corrected chi connectivity index (χ0v) is 21.7. The number of nitrogens with zero attached hydrogens (tertiary/aromatic N) is 4. The van der Waals surface area contributed by atoms with Crippen molar-refractivity contribution in [3.63, 3.8) is 0 Å². The predicted octanol–water partition coefficient (Wildman–Crippen LogP) is 5.19. The molecule has 1 saturated heterocycles. The van der Waals surface area contributed by atoms with Crippen LogP contribution >= 0.6 is 23.2 Å². The second kappa shape index (κ2) is 9.73. The molecule has 1 aliphatic heterocycles. The molecule has 36 heavy (non-hydrogen) atoms. The predicted molar refractivity (Wildman–Crippen MR) is 146 cm³/mol. The first-order valence-corrected chi connectivity index (χ1v) is 12.8. The van der Waals surface area contributed by atoms with Crippen LogP contribution in [-0.2, 0) is 4.79 Å². The summed E-state index contributed by atoms with van der Waals surface area (Å²) >= 11 is 12.8. The third kappa shape index (κ3) is 4.43. The monoisotopic (exact) mass is 522 g/mol. The van der Waals surface area contributed by atoms with Crippen molar-refractivity contribution in [2.75, 3.05) is 18.0 Å². The molecule has 186 valence electrons. The van der Waals surface area contributed by atoms with Gasteiger partial charge in [0.1, 0.15) is 17.1 Å². The lowest BCUT2D eigenvalue weighted by Crippen LogP contribution is -2.62. The van der Waals surface area contributed by atoms with E-state index in [0.29, 0.717) is 36.0 Å². The summed E-state index contributed by atoms with van der Waals surface area (Å²) in [4.78, 5) is 19.3. The third-order valence-electron chi connectivity index (χ3n) is 6.74. The maximum atomic E-state index is 12.4.